The number of aromatic hydroxyl groups is 1. The number of phenolic OH excluding ortho intramolecular Hbond substituents is 1. The van der Waals surface area contributed by atoms with Crippen molar-refractivity contribution in [2.75, 3.05) is 7.11 Å². The Hall–Kier alpha value is -1.80. The van der Waals surface area contributed by atoms with Gasteiger partial charge < -0.3 is 9.84 Å². The summed E-state index contributed by atoms with van der Waals surface area (Å²) < 4.78 is 5.17. The average Bonchev–Trinajstić information content (AvgIpc) is 2.44. The minimum atomic E-state index is 0.327. The molecule has 0 saturated heterocycles. The fourth-order valence-electron chi connectivity index (χ4n) is 2.30. The predicted molar refractivity (Wildman–Crippen MR) is 78.3 cm³/mol. The van der Waals surface area contributed by atoms with E-state index in [1.807, 2.05) is 36.4 Å². The van der Waals surface area contributed by atoms with Crippen molar-refractivity contribution < 1.29 is 9.84 Å². The van der Waals surface area contributed by atoms with Crippen LogP contribution in [0.3, 0.4) is 0 Å². The molecule has 2 rings (SSSR count). The van der Waals surface area contributed by atoms with Crippen LogP contribution in [0.5, 0.6) is 5.75 Å². The quantitative estimate of drug-likeness (QED) is 0.870. The van der Waals surface area contributed by atoms with Gasteiger partial charge in [0.25, 0.3) is 0 Å². The molecular weight excluding hydrogens is 236 g/mol. The number of phenols is 1. The van der Waals surface area contributed by atoms with Crippen LogP contribution in [0.25, 0.3) is 11.1 Å². The highest BCUT2D eigenvalue weighted by molar-refractivity contribution is 5.72. The maximum absolute atomic E-state index is 10.4. The molecule has 0 amide bonds. The Morgan fingerprint density at radius 2 is 1.84 bits per heavy atom. The fraction of sp³-hybridized carbons (Fsp3) is 0.294. The van der Waals surface area contributed by atoms with Crippen molar-refractivity contribution in [2.45, 2.75) is 26.4 Å². The first-order valence-corrected chi connectivity index (χ1v) is 6.65. The first-order chi connectivity index (χ1) is 9.26. The highest BCUT2D eigenvalue weighted by Crippen LogP contribution is 2.34. The molecule has 0 aliphatic heterocycles. The number of rotatable bonds is 5. The lowest BCUT2D eigenvalue weighted by atomic mass is 9.96. The van der Waals surface area contributed by atoms with Gasteiger partial charge in [0.15, 0.2) is 0 Å². The molecule has 100 valence electrons. The summed E-state index contributed by atoms with van der Waals surface area (Å²) in [4.78, 5) is 0. The third-order valence-electron chi connectivity index (χ3n) is 3.17. The molecule has 19 heavy (non-hydrogen) atoms. The van der Waals surface area contributed by atoms with Crippen LogP contribution in [0.15, 0.2) is 42.5 Å². The zero-order valence-electron chi connectivity index (χ0n) is 11.5. The molecule has 0 spiro atoms. The molecule has 0 aromatic heterocycles. The molecule has 0 aliphatic carbocycles. The maximum Gasteiger partial charge on any atom is 0.128 e. The van der Waals surface area contributed by atoms with E-state index in [1.165, 1.54) is 5.56 Å². The number of hydrogen-bond acceptors (Lipinski definition) is 2. The summed E-state index contributed by atoms with van der Waals surface area (Å²) >= 11 is 0. The SMILES string of the molecule is CCCc1cc(COC)c(O)c(-c2ccccc2)c1. The zero-order chi connectivity index (χ0) is 13.7. The molecule has 1 N–H and O–H groups in total. The van der Waals surface area contributed by atoms with Gasteiger partial charge in [0.05, 0.1) is 6.61 Å². The minimum absolute atomic E-state index is 0.327. The summed E-state index contributed by atoms with van der Waals surface area (Å²) in [6.07, 6.45) is 2.10. The second-order valence-corrected chi connectivity index (χ2v) is 4.70. The van der Waals surface area contributed by atoms with Crippen LogP contribution < -0.4 is 0 Å². The van der Waals surface area contributed by atoms with Crippen molar-refractivity contribution in [2.24, 2.45) is 0 Å². The molecule has 0 radical (unpaired) electrons. The van der Waals surface area contributed by atoms with Crippen LogP contribution in [-0.4, -0.2) is 12.2 Å². The molecule has 0 aliphatic rings. The van der Waals surface area contributed by atoms with Crippen molar-refractivity contribution in [3.05, 3.63) is 53.6 Å². The van der Waals surface area contributed by atoms with Crippen LogP contribution in [-0.2, 0) is 17.8 Å². The Labute approximate surface area is 114 Å². The minimum Gasteiger partial charge on any atom is -0.507 e. The Balaban J connectivity index is 2.52. The molecule has 0 atom stereocenters. The highest BCUT2D eigenvalue weighted by atomic mass is 16.5. The summed E-state index contributed by atoms with van der Waals surface area (Å²) in [7, 11) is 1.65. The van der Waals surface area contributed by atoms with E-state index in [0.29, 0.717) is 12.4 Å². The normalized spacial score (nSPS) is 10.6. The molecule has 2 aromatic carbocycles. The highest BCUT2D eigenvalue weighted by Gasteiger charge is 2.11. The zero-order valence-corrected chi connectivity index (χ0v) is 11.5. The molecule has 0 saturated carbocycles. The van der Waals surface area contributed by atoms with Gasteiger partial charge in [-0.2, -0.15) is 0 Å². The Kier molecular flexibility index (Phi) is 4.58. The number of methoxy groups -OCH3 is 1. The van der Waals surface area contributed by atoms with E-state index in [2.05, 4.69) is 13.0 Å². The Morgan fingerprint density at radius 1 is 1.11 bits per heavy atom. The topological polar surface area (TPSA) is 29.5 Å². The Morgan fingerprint density at radius 3 is 2.47 bits per heavy atom. The van der Waals surface area contributed by atoms with Gasteiger partial charge in [-0.05, 0) is 29.7 Å². The van der Waals surface area contributed by atoms with E-state index in [0.717, 1.165) is 29.5 Å². The van der Waals surface area contributed by atoms with Crippen molar-refractivity contribution in [3.8, 4) is 16.9 Å². The molecule has 0 bridgehead atoms. The molecule has 2 aromatic rings. The van der Waals surface area contributed by atoms with Crippen LogP contribution in [0.2, 0.25) is 0 Å². The van der Waals surface area contributed by atoms with E-state index < -0.39 is 0 Å². The first kappa shape index (κ1) is 13.6. The molecular formula is C17H20O2. The largest absolute Gasteiger partial charge is 0.507 e. The number of aryl methyl sites for hydroxylation is 1. The lowest BCUT2D eigenvalue weighted by Crippen LogP contribution is -1.94. The smallest absolute Gasteiger partial charge is 0.128 e. The van der Waals surface area contributed by atoms with Crippen LogP contribution in [0.1, 0.15) is 24.5 Å². The lowest BCUT2D eigenvalue weighted by molar-refractivity contribution is 0.182. The van der Waals surface area contributed by atoms with Gasteiger partial charge in [-0.1, -0.05) is 43.7 Å². The number of hydrogen-bond donors (Lipinski definition) is 1. The fourth-order valence-corrected chi connectivity index (χ4v) is 2.30. The van der Waals surface area contributed by atoms with Crippen LogP contribution >= 0.6 is 0 Å². The summed E-state index contributed by atoms with van der Waals surface area (Å²) in [6, 6.07) is 14.1. The molecule has 2 heteroatoms. The van der Waals surface area contributed by atoms with E-state index in [4.69, 9.17) is 4.74 Å². The molecule has 0 heterocycles. The molecule has 0 fully saturated rings. The summed E-state index contributed by atoms with van der Waals surface area (Å²) in [5, 5.41) is 10.4. The standard InChI is InChI=1S/C17H20O2/c1-3-7-13-10-15(12-19-2)17(18)16(11-13)14-8-5-4-6-9-14/h4-6,8-11,18H,3,7,12H2,1-2H3. The van der Waals surface area contributed by atoms with Crippen molar-refractivity contribution >= 4 is 0 Å². The van der Waals surface area contributed by atoms with Crippen molar-refractivity contribution in [3.63, 3.8) is 0 Å². The van der Waals surface area contributed by atoms with E-state index in [-0.39, 0.29) is 0 Å². The summed E-state index contributed by atoms with van der Waals surface area (Å²) in [6.45, 7) is 2.59. The summed E-state index contributed by atoms with van der Waals surface area (Å²) in [5.74, 6) is 0.327. The van der Waals surface area contributed by atoms with Gasteiger partial charge in [0.1, 0.15) is 5.75 Å². The van der Waals surface area contributed by atoms with Gasteiger partial charge in [0, 0.05) is 18.2 Å². The summed E-state index contributed by atoms with van der Waals surface area (Å²) in [5.41, 5.74) is 4.02. The molecule has 2 nitrogen and oxygen atoms in total. The second-order valence-electron chi connectivity index (χ2n) is 4.70. The second kappa shape index (κ2) is 6.39. The third-order valence-corrected chi connectivity index (χ3v) is 3.17. The molecule has 0 unspecified atom stereocenters. The lowest BCUT2D eigenvalue weighted by Gasteiger charge is -2.13. The van der Waals surface area contributed by atoms with E-state index in [9.17, 15) is 5.11 Å². The monoisotopic (exact) mass is 256 g/mol. The maximum atomic E-state index is 10.4. The van der Waals surface area contributed by atoms with Crippen molar-refractivity contribution in [1.82, 2.24) is 0 Å². The van der Waals surface area contributed by atoms with Crippen LogP contribution in [0, 0.1) is 0 Å². The van der Waals surface area contributed by atoms with Gasteiger partial charge in [-0.25, -0.2) is 0 Å². The van der Waals surface area contributed by atoms with Crippen LogP contribution in [0.4, 0.5) is 0 Å². The number of ether oxygens (including phenoxy) is 1. The van der Waals surface area contributed by atoms with Gasteiger partial charge in [-0.3, -0.25) is 0 Å². The first-order valence-electron chi connectivity index (χ1n) is 6.65. The van der Waals surface area contributed by atoms with E-state index in [1.54, 1.807) is 7.11 Å². The third kappa shape index (κ3) is 3.15. The van der Waals surface area contributed by atoms with E-state index >= 15 is 0 Å². The van der Waals surface area contributed by atoms with Gasteiger partial charge in [0.2, 0.25) is 0 Å². The Bertz CT molecular complexity index is 532. The van der Waals surface area contributed by atoms with Gasteiger partial charge >= 0.3 is 0 Å². The average molecular weight is 256 g/mol. The predicted octanol–water partition coefficient (Wildman–Crippen LogP) is 4.16. The number of benzene rings is 2. The van der Waals surface area contributed by atoms with Crippen molar-refractivity contribution in [1.29, 1.82) is 0 Å². The van der Waals surface area contributed by atoms with Gasteiger partial charge in [-0.15, -0.1) is 0 Å².